The summed E-state index contributed by atoms with van der Waals surface area (Å²) < 4.78 is 0. The molecule has 0 heteroatoms. The van der Waals surface area contributed by atoms with E-state index in [-0.39, 0.29) is 0 Å². The Hall–Kier alpha value is -3.90. The van der Waals surface area contributed by atoms with Crippen molar-refractivity contribution in [3.8, 4) is 0 Å². The van der Waals surface area contributed by atoms with Crippen molar-refractivity contribution in [1.82, 2.24) is 0 Å². The molecule has 0 aromatic carbocycles. The van der Waals surface area contributed by atoms with E-state index in [2.05, 4.69) is 74.8 Å². The summed E-state index contributed by atoms with van der Waals surface area (Å²) in [5.74, 6) is 7.73. The van der Waals surface area contributed by atoms with Crippen molar-refractivity contribution in [2.75, 3.05) is 0 Å². The number of unbranched alkanes of at least 4 members (excludes halogenated alkanes) is 9. The Morgan fingerprint density at radius 2 is 0.804 bits per heavy atom. The molecule has 102 heavy (non-hydrogen) atoms. The molecule has 0 amide bonds. The van der Waals surface area contributed by atoms with Crippen LogP contribution in [0.15, 0.2) is 182 Å². The molecule has 0 aromatic rings. The smallest absolute Gasteiger partial charge is 0.0132 e. The largest absolute Gasteiger partial charge is 0.100 e. The standard InChI is InChI=1S/C102H168/c1-23-24-25-29-44-79(10)65-100(66-80(11)45-30-26-35-53-98-70-90(21)101(73-92-48-33-28-34-49-92)71-89(20)97(63-77(6)7)54-41-38-47-83(14)95(61-58-86(98)17)51-39-36-42-75(2)3)84(15)46-31-27-32-50-93-60-62-96(52-40-37-43-76(4)5)85(16)56-55-81(12)67-99(64-78(8)9)91(22)72-102(88(19)69-93)74-94-59-57-82(13)87(18)68-94/h82,87,92-102H,2,4,6,8,10-12,14-17,19-74H2,1,3,5,7,9,13,18H3. The maximum absolute atomic E-state index is 5.12. The summed E-state index contributed by atoms with van der Waals surface area (Å²) in [4.78, 5) is 0. The quantitative estimate of drug-likeness (QED) is 0.0424. The highest BCUT2D eigenvalue weighted by molar-refractivity contribution is 5.20. The van der Waals surface area contributed by atoms with Crippen LogP contribution in [0.25, 0.3) is 0 Å². The normalized spacial score (nSPS) is 26.1. The molecule has 0 aliphatic heterocycles. The highest BCUT2D eigenvalue weighted by Crippen LogP contribution is 2.46. The predicted molar refractivity (Wildman–Crippen MR) is 462 cm³/mol. The van der Waals surface area contributed by atoms with Crippen LogP contribution in [-0.4, -0.2) is 0 Å². The second kappa shape index (κ2) is 51.4. The lowest BCUT2D eigenvalue weighted by molar-refractivity contribution is 0.185. The summed E-state index contributed by atoms with van der Waals surface area (Å²) in [6.45, 7) is 87.6. The van der Waals surface area contributed by atoms with E-state index in [0.717, 1.165) is 139 Å². The van der Waals surface area contributed by atoms with E-state index in [1.807, 2.05) is 0 Å². The van der Waals surface area contributed by atoms with Crippen molar-refractivity contribution in [2.45, 2.75) is 382 Å². The fourth-order valence-electron chi connectivity index (χ4n) is 19.2. The third kappa shape index (κ3) is 38.1. The van der Waals surface area contributed by atoms with E-state index in [1.54, 1.807) is 0 Å². The molecular weight excluding hydrogens is 1230 g/mol. The molecule has 4 rings (SSSR count). The van der Waals surface area contributed by atoms with Gasteiger partial charge in [-0.05, 0) is 323 Å². The minimum absolute atomic E-state index is 0.392. The van der Waals surface area contributed by atoms with Crippen LogP contribution in [-0.2, 0) is 0 Å². The predicted octanol–water partition coefficient (Wildman–Crippen LogP) is 33.8. The lowest BCUT2D eigenvalue weighted by Gasteiger charge is -2.36. The zero-order valence-corrected chi connectivity index (χ0v) is 69.4. The SMILES string of the molecule is C=C(C)CCCCC1CCC(=C)C(CCCCCC(=C)CC(CC(=C)CCCCCC)C(=C)CCCCCC2CCC(CCCCC(=C)C)C(=C)CCC(=C)CC(CC(=C)C)C(=C)CC(CC3CCC(C)C(C)C3)C(=C)C2)CC(=C)C(CC2CCCCC2)CC(=C)C(CC(=C)C)CCCCC1=C. The Morgan fingerprint density at radius 1 is 0.333 bits per heavy atom. The fraction of sp³-hybridized carbons (Fsp3) is 0.706. The van der Waals surface area contributed by atoms with Crippen LogP contribution in [0.4, 0.5) is 0 Å². The first-order valence-electron chi connectivity index (χ1n) is 43.7. The van der Waals surface area contributed by atoms with Gasteiger partial charge in [0.2, 0.25) is 0 Å². The van der Waals surface area contributed by atoms with Crippen molar-refractivity contribution >= 4 is 0 Å². The van der Waals surface area contributed by atoms with Crippen molar-refractivity contribution < 1.29 is 0 Å². The minimum atomic E-state index is 0.392. The van der Waals surface area contributed by atoms with Gasteiger partial charge in [-0.25, -0.2) is 0 Å². The molecule has 576 valence electrons. The average Bonchev–Trinajstić information content (AvgIpc) is 1.09. The molecule has 0 radical (unpaired) electrons. The van der Waals surface area contributed by atoms with Crippen molar-refractivity contribution in [3.05, 3.63) is 182 Å². The maximum Gasteiger partial charge on any atom is -0.0132 e. The van der Waals surface area contributed by atoms with Crippen LogP contribution in [0.1, 0.15) is 382 Å². The number of allylic oxidation sites excluding steroid dienone is 15. The van der Waals surface area contributed by atoms with Crippen LogP contribution in [0.5, 0.6) is 0 Å². The van der Waals surface area contributed by atoms with Gasteiger partial charge in [0.25, 0.3) is 0 Å². The van der Waals surface area contributed by atoms with E-state index >= 15 is 0 Å². The van der Waals surface area contributed by atoms with Crippen LogP contribution >= 0.6 is 0 Å². The van der Waals surface area contributed by atoms with E-state index < -0.39 is 0 Å². The van der Waals surface area contributed by atoms with Crippen LogP contribution in [0, 0.1) is 76.9 Å². The van der Waals surface area contributed by atoms with Gasteiger partial charge in [0.05, 0.1) is 0 Å². The van der Waals surface area contributed by atoms with Crippen molar-refractivity contribution in [3.63, 3.8) is 0 Å². The molecule has 0 spiro atoms. The van der Waals surface area contributed by atoms with Gasteiger partial charge in [-0.3, -0.25) is 0 Å². The molecule has 12 unspecified atom stereocenters. The Bertz CT molecular complexity index is 2650. The van der Waals surface area contributed by atoms with E-state index in [9.17, 15) is 0 Å². The second-order valence-electron chi connectivity index (χ2n) is 36.6. The molecule has 4 fully saturated rings. The minimum Gasteiger partial charge on any atom is -0.100 e. The molecule has 4 saturated carbocycles. The summed E-state index contributed by atoms with van der Waals surface area (Å²) in [7, 11) is 0. The molecule has 0 saturated heterocycles. The van der Waals surface area contributed by atoms with Gasteiger partial charge < -0.3 is 0 Å². The topological polar surface area (TPSA) is 0 Å². The molecule has 0 nitrogen and oxygen atoms in total. The van der Waals surface area contributed by atoms with Crippen LogP contribution in [0.3, 0.4) is 0 Å². The zero-order valence-electron chi connectivity index (χ0n) is 69.4. The summed E-state index contributed by atoms with van der Waals surface area (Å²) in [6, 6.07) is 0. The van der Waals surface area contributed by atoms with Gasteiger partial charge >= 0.3 is 0 Å². The molecule has 0 aromatic heterocycles. The average molecular weight is 1390 g/mol. The highest BCUT2D eigenvalue weighted by Gasteiger charge is 2.32. The molecule has 4 aliphatic rings. The Morgan fingerprint density at radius 3 is 1.40 bits per heavy atom. The number of rotatable bonds is 40. The zero-order chi connectivity index (χ0) is 74.9. The first kappa shape index (κ1) is 90.5. The molecule has 0 bridgehead atoms. The Labute approximate surface area is 637 Å². The second-order valence-corrected chi connectivity index (χ2v) is 36.6. The molecule has 12 atom stereocenters. The van der Waals surface area contributed by atoms with E-state index in [0.29, 0.717) is 53.3 Å². The lowest BCUT2D eigenvalue weighted by Crippen LogP contribution is -2.24. The number of hydrogen-bond donors (Lipinski definition) is 0. The van der Waals surface area contributed by atoms with Gasteiger partial charge in [0.15, 0.2) is 0 Å². The van der Waals surface area contributed by atoms with Crippen molar-refractivity contribution in [2.24, 2.45) is 76.9 Å². The fourth-order valence-corrected chi connectivity index (χ4v) is 19.2. The van der Waals surface area contributed by atoms with Crippen LogP contribution < -0.4 is 0 Å². The summed E-state index contributed by atoms with van der Waals surface area (Å²) in [5.41, 5.74) is 21.1. The summed E-state index contributed by atoms with van der Waals surface area (Å²) in [6.07, 6.45) is 62.9. The summed E-state index contributed by atoms with van der Waals surface area (Å²) >= 11 is 0. The van der Waals surface area contributed by atoms with Gasteiger partial charge in [-0.1, -0.05) is 292 Å². The van der Waals surface area contributed by atoms with Crippen LogP contribution in [0.2, 0.25) is 0 Å². The van der Waals surface area contributed by atoms with Gasteiger partial charge in [0.1, 0.15) is 0 Å². The Kier molecular flexibility index (Phi) is 45.6. The van der Waals surface area contributed by atoms with E-state index in [4.69, 9.17) is 72.4 Å². The molecule has 0 heterocycles. The third-order valence-electron chi connectivity index (χ3n) is 26.4. The number of hydrogen-bond acceptors (Lipinski definition) is 0. The van der Waals surface area contributed by atoms with Crippen molar-refractivity contribution in [1.29, 1.82) is 0 Å². The van der Waals surface area contributed by atoms with Gasteiger partial charge in [0, 0.05) is 0 Å². The third-order valence-corrected chi connectivity index (χ3v) is 26.4. The monoisotopic (exact) mass is 1390 g/mol. The highest BCUT2D eigenvalue weighted by atomic mass is 14.4. The lowest BCUT2D eigenvalue weighted by atomic mass is 9.70. The van der Waals surface area contributed by atoms with Gasteiger partial charge in [-0.15, -0.1) is 26.3 Å². The van der Waals surface area contributed by atoms with Gasteiger partial charge in [-0.2, -0.15) is 0 Å². The maximum atomic E-state index is 5.12. The first-order chi connectivity index (χ1) is 48.7. The summed E-state index contributed by atoms with van der Waals surface area (Å²) in [5, 5.41) is 0. The molecular formula is C102H168. The molecule has 4 aliphatic carbocycles. The molecule has 0 N–H and O–H groups in total. The van der Waals surface area contributed by atoms with E-state index in [1.165, 1.54) is 302 Å². The Balaban J connectivity index is 1.49. The first-order valence-corrected chi connectivity index (χ1v) is 43.7.